The zero-order valence-corrected chi connectivity index (χ0v) is 14.0. The lowest BCUT2D eigenvalue weighted by atomic mass is 9.88. The minimum absolute atomic E-state index is 0.156. The molecular formula is C16H32O6. The van der Waals surface area contributed by atoms with Crippen molar-refractivity contribution in [3.05, 3.63) is 12.2 Å². The van der Waals surface area contributed by atoms with Crippen molar-refractivity contribution < 1.29 is 30.0 Å². The zero-order valence-electron chi connectivity index (χ0n) is 14.0. The number of hydrogen-bond acceptors (Lipinski definition) is 6. The van der Waals surface area contributed by atoms with Crippen molar-refractivity contribution in [2.24, 2.45) is 5.41 Å². The van der Waals surface area contributed by atoms with Crippen molar-refractivity contribution in [3.8, 4) is 0 Å². The summed E-state index contributed by atoms with van der Waals surface area (Å²) >= 11 is 0. The van der Waals surface area contributed by atoms with Crippen molar-refractivity contribution in [2.75, 3.05) is 19.8 Å². The van der Waals surface area contributed by atoms with Gasteiger partial charge in [-0.25, -0.2) is 4.79 Å². The highest BCUT2D eigenvalue weighted by Gasteiger charge is 2.24. The molecule has 0 saturated carbocycles. The average Bonchev–Trinajstić information content (AvgIpc) is 2.51. The molecule has 0 radical (unpaired) electrons. The smallest absolute Gasteiger partial charge is 0.335 e. The summed E-state index contributed by atoms with van der Waals surface area (Å²) in [4.78, 5) is 10.9. The number of ether oxygens (including phenoxy) is 1. The fraction of sp³-hybridized carbons (Fsp3) is 0.812. The molecule has 6 heteroatoms. The van der Waals surface area contributed by atoms with Crippen LogP contribution in [-0.4, -0.2) is 52.5 Å². The molecule has 1 unspecified atom stereocenters. The predicted molar refractivity (Wildman–Crippen MR) is 85.0 cm³/mol. The monoisotopic (exact) mass is 320 g/mol. The first-order chi connectivity index (χ1) is 10.3. The summed E-state index contributed by atoms with van der Waals surface area (Å²) in [6, 6.07) is 0. The maximum Gasteiger partial charge on any atom is 0.335 e. The first-order valence-corrected chi connectivity index (χ1v) is 7.69. The van der Waals surface area contributed by atoms with Crippen LogP contribution < -0.4 is 0 Å². The van der Waals surface area contributed by atoms with E-state index in [1.165, 1.54) is 0 Å². The summed E-state index contributed by atoms with van der Waals surface area (Å²) < 4.78 is 4.68. The highest BCUT2D eigenvalue weighted by Crippen LogP contribution is 2.18. The van der Waals surface area contributed by atoms with E-state index in [1.807, 2.05) is 6.92 Å². The maximum atomic E-state index is 10.9. The number of carbonyl (C=O) groups is 1. The molecule has 0 heterocycles. The quantitative estimate of drug-likeness (QED) is 0.210. The van der Waals surface area contributed by atoms with Crippen LogP contribution in [0.1, 0.15) is 52.9 Å². The minimum atomic E-state index is -0.976. The van der Waals surface area contributed by atoms with Crippen LogP contribution >= 0.6 is 0 Å². The lowest BCUT2D eigenvalue weighted by Gasteiger charge is -2.24. The Morgan fingerprint density at radius 1 is 1.14 bits per heavy atom. The Hall–Kier alpha value is -0.950. The fourth-order valence-corrected chi connectivity index (χ4v) is 1.34. The van der Waals surface area contributed by atoms with E-state index in [9.17, 15) is 9.90 Å². The van der Waals surface area contributed by atoms with Crippen LogP contribution in [0.5, 0.6) is 0 Å². The maximum absolute atomic E-state index is 10.9. The number of unbranched alkanes of at least 4 members (excludes halogenated alkanes) is 2. The third kappa shape index (κ3) is 10.7. The van der Waals surface area contributed by atoms with Gasteiger partial charge in [-0.2, -0.15) is 0 Å². The Balaban J connectivity index is 0. The lowest BCUT2D eigenvalue weighted by molar-refractivity contribution is -0.163. The molecule has 0 aromatic carbocycles. The van der Waals surface area contributed by atoms with Crippen LogP contribution in [0.25, 0.3) is 0 Å². The average molecular weight is 320 g/mol. The number of aliphatic hydroxyl groups excluding tert-OH is 4. The van der Waals surface area contributed by atoms with Gasteiger partial charge in [-0.05, 0) is 19.8 Å². The highest BCUT2D eigenvalue weighted by molar-refractivity contribution is 5.86. The number of rotatable bonds is 10. The Morgan fingerprint density at radius 3 is 1.91 bits per heavy atom. The van der Waals surface area contributed by atoms with Gasteiger partial charge in [0.1, 0.15) is 0 Å². The second kappa shape index (κ2) is 13.7. The predicted octanol–water partition coefficient (Wildman–Crippen LogP) is 1.36. The molecule has 22 heavy (non-hydrogen) atoms. The van der Waals surface area contributed by atoms with E-state index in [0.717, 1.165) is 19.3 Å². The summed E-state index contributed by atoms with van der Waals surface area (Å²) in [5, 5.41) is 35.2. The topological polar surface area (TPSA) is 107 Å². The third-order valence-corrected chi connectivity index (χ3v) is 3.40. The Morgan fingerprint density at radius 2 is 1.64 bits per heavy atom. The first kappa shape index (κ1) is 23.3. The molecule has 4 N–H and O–H groups in total. The molecule has 0 aliphatic rings. The molecule has 6 nitrogen and oxygen atoms in total. The van der Waals surface area contributed by atoms with Crippen molar-refractivity contribution >= 4 is 5.97 Å². The minimum Gasteiger partial charge on any atom is -0.433 e. The van der Waals surface area contributed by atoms with Crippen LogP contribution in [0.15, 0.2) is 12.2 Å². The molecule has 0 spiro atoms. The van der Waals surface area contributed by atoms with Gasteiger partial charge < -0.3 is 25.2 Å². The van der Waals surface area contributed by atoms with Gasteiger partial charge in [-0.15, -0.1) is 0 Å². The summed E-state index contributed by atoms with van der Waals surface area (Å²) in [5.74, 6) is -0.524. The van der Waals surface area contributed by atoms with Gasteiger partial charge in [0.15, 0.2) is 0 Å². The molecule has 0 bridgehead atoms. The molecule has 0 aromatic rings. The van der Waals surface area contributed by atoms with Crippen LogP contribution in [0, 0.1) is 5.41 Å². The van der Waals surface area contributed by atoms with Crippen LogP contribution in [0.4, 0.5) is 0 Å². The Kier molecular flexibility index (Phi) is 14.5. The fourth-order valence-electron chi connectivity index (χ4n) is 1.34. The molecule has 0 rings (SSSR count). The van der Waals surface area contributed by atoms with E-state index in [1.54, 1.807) is 6.92 Å². The van der Waals surface area contributed by atoms with Gasteiger partial charge in [0.2, 0.25) is 6.29 Å². The number of aliphatic hydroxyl groups is 4. The largest absolute Gasteiger partial charge is 0.433 e. The third-order valence-electron chi connectivity index (χ3n) is 3.40. The second-order valence-corrected chi connectivity index (χ2v) is 5.46. The van der Waals surface area contributed by atoms with Crippen molar-refractivity contribution in [1.82, 2.24) is 0 Å². The lowest BCUT2D eigenvalue weighted by Crippen LogP contribution is -2.32. The normalized spacial score (nSPS) is 12.1. The highest BCUT2D eigenvalue weighted by atomic mass is 16.6. The molecule has 0 aliphatic heterocycles. The molecule has 0 amide bonds. The van der Waals surface area contributed by atoms with Gasteiger partial charge >= 0.3 is 5.97 Å². The molecule has 1 atom stereocenters. The van der Waals surface area contributed by atoms with E-state index < -0.39 is 17.7 Å². The van der Waals surface area contributed by atoms with Crippen LogP contribution in [0.2, 0.25) is 0 Å². The van der Waals surface area contributed by atoms with Gasteiger partial charge in [0.25, 0.3) is 0 Å². The molecule has 0 aliphatic carbocycles. The Labute approximate surface area is 133 Å². The van der Waals surface area contributed by atoms with Crippen molar-refractivity contribution in [1.29, 1.82) is 0 Å². The summed E-state index contributed by atoms with van der Waals surface area (Å²) in [6.07, 6.45) is 3.13. The Bertz CT molecular complexity index is 282. The van der Waals surface area contributed by atoms with E-state index in [0.29, 0.717) is 18.4 Å². The van der Waals surface area contributed by atoms with Crippen molar-refractivity contribution in [2.45, 2.75) is 59.2 Å². The van der Waals surface area contributed by atoms with E-state index >= 15 is 0 Å². The SMILES string of the molecule is C=C(C)C(=O)OC(O)CCCCC.CCC(CO)(CO)CO. The molecule has 0 fully saturated rings. The van der Waals surface area contributed by atoms with Gasteiger partial charge in [-0.3, -0.25) is 0 Å². The molecule has 0 aromatic heterocycles. The summed E-state index contributed by atoms with van der Waals surface area (Å²) in [7, 11) is 0. The van der Waals surface area contributed by atoms with Gasteiger partial charge in [0.05, 0.1) is 19.8 Å². The van der Waals surface area contributed by atoms with E-state index in [-0.39, 0.29) is 19.8 Å². The number of esters is 1. The zero-order chi connectivity index (χ0) is 17.6. The summed E-state index contributed by atoms with van der Waals surface area (Å²) in [6.45, 7) is 8.40. The molecule has 0 saturated heterocycles. The van der Waals surface area contributed by atoms with E-state index in [2.05, 4.69) is 18.2 Å². The second-order valence-electron chi connectivity index (χ2n) is 5.46. The molecular weight excluding hydrogens is 288 g/mol. The van der Waals surface area contributed by atoms with Crippen LogP contribution in [0.3, 0.4) is 0 Å². The van der Waals surface area contributed by atoms with Gasteiger partial charge in [0, 0.05) is 17.4 Å². The van der Waals surface area contributed by atoms with Gasteiger partial charge in [-0.1, -0.05) is 33.3 Å². The number of carbonyl (C=O) groups excluding carboxylic acids is 1. The van der Waals surface area contributed by atoms with Crippen LogP contribution in [-0.2, 0) is 9.53 Å². The number of hydrogen-bond donors (Lipinski definition) is 4. The molecule has 132 valence electrons. The summed E-state index contributed by atoms with van der Waals surface area (Å²) in [5.41, 5.74) is -0.352. The standard InChI is InChI=1S/C10H18O3.C6H14O3/c1-4-5-6-7-9(11)13-10(12)8(2)3;1-2-6(3-7,4-8)5-9/h9,11H,2,4-7H2,1,3H3;7-9H,2-5H2,1H3. The van der Waals surface area contributed by atoms with Crippen molar-refractivity contribution in [3.63, 3.8) is 0 Å². The van der Waals surface area contributed by atoms with E-state index in [4.69, 9.17) is 15.3 Å². The first-order valence-electron chi connectivity index (χ1n) is 7.69.